The van der Waals surface area contributed by atoms with E-state index < -0.39 is 5.60 Å². The summed E-state index contributed by atoms with van der Waals surface area (Å²) in [7, 11) is 0. The highest BCUT2D eigenvalue weighted by molar-refractivity contribution is 6.30. The fraction of sp³-hybridized carbons (Fsp3) is 0.316. The van der Waals surface area contributed by atoms with Gasteiger partial charge >= 0.3 is 0 Å². The largest absolute Gasteiger partial charge is 0.484 e. The monoisotopic (exact) mass is 347 g/mol. The van der Waals surface area contributed by atoms with Gasteiger partial charge in [0.05, 0.1) is 6.54 Å². The van der Waals surface area contributed by atoms with Crippen LogP contribution in [0.15, 0.2) is 42.5 Å². The van der Waals surface area contributed by atoms with Crippen LogP contribution in [0.1, 0.15) is 23.6 Å². The van der Waals surface area contributed by atoms with Crippen molar-refractivity contribution in [1.82, 2.24) is 5.32 Å². The van der Waals surface area contributed by atoms with Crippen molar-refractivity contribution in [3.8, 4) is 5.75 Å². The fourth-order valence-electron chi connectivity index (χ4n) is 2.19. The van der Waals surface area contributed by atoms with E-state index in [0.717, 1.165) is 5.56 Å². The third-order valence-electron chi connectivity index (χ3n) is 3.94. The number of hydrogen-bond acceptors (Lipinski definition) is 3. The van der Waals surface area contributed by atoms with Gasteiger partial charge < -0.3 is 15.2 Å². The minimum Gasteiger partial charge on any atom is -0.484 e. The second-order valence-electron chi connectivity index (χ2n) is 6.09. The molecule has 2 rings (SSSR count). The molecule has 24 heavy (non-hydrogen) atoms. The number of amides is 1. The number of nitrogens with one attached hydrogen (secondary N) is 1. The van der Waals surface area contributed by atoms with Crippen molar-refractivity contribution in [3.05, 3.63) is 64.2 Å². The van der Waals surface area contributed by atoms with Gasteiger partial charge in [0.25, 0.3) is 5.91 Å². The van der Waals surface area contributed by atoms with E-state index in [1.54, 1.807) is 31.2 Å². The van der Waals surface area contributed by atoms with Crippen LogP contribution in [-0.4, -0.2) is 24.2 Å². The number of aryl methyl sites for hydroxylation is 2. The van der Waals surface area contributed by atoms with Gasteiger partial charge in [-0.15, -0.1) is 0 Å². The molecule has 2 aromatic rings. The third-order valence-corrected chi connectivity index (χ3v) is 4.20. The van der Waals surface area contributed by atoms with Crippen molar-refractivity contribution in [3.63, 3.8) is 0 Å². The predicted molar refractivity (Wildman–Crippen MR) is 95.4 cm³/mol. The molecule has 1 atom stereocenters. The molecule has 0 radical (unpaired) electrons. The summed E-state index contributed by atoms with van der Waals surface area (Å²) < 4.78 is 5.48. The van der Waals surface area contributed by atoms with Crippen LogP contribution in [-0.2, 0) is 10.4 Å². The fourth-order valence-corrected chi connectivity index (χ4v) is 2.31. The minimum atomic E-state index is -1.18. The van der Waals surface area contributed by atoms with Crippen molar-refractivity contribution < 1.29 is 14.6 Å². The van der Waals surface area contributed by atoms with Crippen LogP contribution in [0.25, 0.3) is 0 Å². The molecule has 0 aromatic heterocycles. The van der Waals surface area contributed by atoms with Gasteiger partial charge in [0.15, 0.2) is 6.61 Å². The van der Waals surface area contributed by atoms with E-state index in [9.17, 15) is 9.90 Å². The second-order valence-corrected chi connectivity index (χ2v) is 6.53. The summed E-state index contributed by atoms with van der Waals surface area (Å²) in [6, 6.07) is 12.6. The standard InChI is InChI=1S/C19H22ClNO3/c1-13-4-9-17(10-14(13)2)24-11-18(22)21-12-19(3,23)15-5-7-16(20)8-6-15/h4-10,23H,11-12H2,1-3H3,(H,21,22). The number of carbonyl (C=O) groups is 1. The summed E-state index contributed by atoms with van der Waals surface area (Å²) in [4.78, 5) is 11.9. The van der Waals surface area contributed by atoms with Gasteiger partial charge in [-0.05, 0) is 61.7 Å². The molecule has 128 valence electrons. The number of halogens is 1. The highest BCUT2D eigenvalue weighted by atomic mass is 35.5. The second kappa shape index (κ2) is 7.69. The molecule has 0 saturated heterocycles. The molecule has 4 nitrogen and oxygen atoms in total. The highest BCUT2D eigenvalue weighted by Gasteiger charge is 2.23. The number of benzene rings is 2. The molecular formula is C19H22ClNO3. The highest BCUT2D eigenvalue weighted by Crippen LogP contribution is 2.21. The van der Waals surface area contributed by atoms with E-state index in [-0.39, 0.29) is 19.1 Å². The van der Waals surface area contributed by atoms with Gasteiger partial charge in [0.1, 0.15) is 11.4 Å². The molecule has 5 heteroatoms. The SMILES string of the molecule is Cc1ccc(OCC(=O)NCC(C)(O)c2ccc(Cl)cc2)cc1C. The topological polar surface area (TPSA) is 58.6 Å². The van der Waals surface area contributed by atoms with Crippen LogP contribution >= 0.6 is 11.6 Å². The minimum absolute atomic E-state index is 0.0871. The van der Waals surface area contributed by atoms with Crippen LogP contribution in [0.2, 0.25) is 5.02 Å². The first-order valence-electron chi connectivity index (χ1n) is 7.73. The smallest absolute Gasteiger partial charge is 0.258 e. The van der Waals surface area contributed by atoms with Crippen LogP contribution in [0.4, 0.5) is 0 Å². The van der Waals surface area contributed by atoms with Gasteiger partial charge in [-0.25, -0.2) is 0 Å². The Labute approximate surface area is 147 Å². The predicted octanol–water partition coefficient (Wildman–Crippen LogP) is 3.36. The number of rotatable bonds is 6. The molecule has 0 heterocycles. The lowest BCUT2D eigenvalue weighted by atomic mass is 9.96. The van der Waals surface area contributed by atoms with E-state index in [4.69, 9.17) is 16.3 Å². The Bertz CT molecular complexity index is 711. The number of hydrogen-bond donors (Lipinski definition) is 2. The Kier molecular flexibility index (Phi) is 5.86. The summed E-state index contributed by atoms with van der Waals surface area (Å²) in [5.74, 6) is 0.361. The molecule has 0 bridgehead atoms. The lowest BCUT2D eigenvalue weighted by Crippen LogP contribution is -2.40. The summed E-state index contributed by atoms with van der Waals surface area (Å²) in [6.07, 6.45) is 0. The Hall–Kier alpha value is -2.04. The molecule has 0 aliphatic carbocycles. The van der Waals surface area contributed by atoms with Crippen molar-refractivity contribution in [2.45, 2.75) is 26.4 Å². The molecule has 2 N–H and O–H groups in total. The van der Waals surface area contributed by atoms with Crippen LogP contribution in [0.3, 0.4) is 0 Å². The average Bonchev–Trinajstić information content (AvgIpc) is 2.54. The first-order valence-corrected chi connectivity index (χ1v) is 8.11. The zero-order valence-electron chi connectivity index (χ0n) is 14.1. The zero-order chi connectivity index (χ0) is 17.7. The van der Waals surface area contributed by atoms with Gasteiger partial charge in [0, 0.05) is 5.02 Å². The molecular weight excluding hydrogens is 326 g/mol. The Balaban J connectivity index is 1.85. The van der Waals surface area contributed by atoms with E-state index in [0.29, 0.717) is 16.3 Å². The lowest BCUT2D eigenvalue weighted by molar-refractivity contribution is -0.124. The van der Waals surface area contributed by atoms with Gasteiger partial charge in [-0.2, -0.15) is 0 Å². The average molecular weight is 348 g/mol. The lowest BCUT2D eigenvalue weighted by Gasteiger charge is -2.24. The zero-order valence-corrected chi connectivity index (χ0v) is 14.9. The maximum Gasteiger partial charge on any atom is 0.258 e. The molecule has 1 amide bonds. The van der Waals surface area contributed by atoms with E-state index in [2.05, 4.69) is 5.32 Å². The van der Waals surface area contributed by atoms with Crippen molar-refractivity contribution in [2.24, 2.45) is 0 Å². The van der Waals surface area contributed by atoms with Crippen molar-refractivity contribution in [2.75, 3.05) is 13.2 Å². The van der Waals surface area contributed by atoms with Crippen LogP contribution in [0, 0.1) is 13.8 Å². The first-order chi connectivity index (χ1) is 11.3. The van der Waals surface area contributed by atoms with Gasteiger partial charge in [-0.1, -0.05) is 29.8 Å². The molecule has 1 unspecified atom stereocenters. The molecule has 0 saturated carbocycles. The van der Waals surface area contributed by atoms with Gasteiger partial charge in [-0.3, -0.25) is 4.79 Å². The Morgan fingerprint density at radius 2 is 1.83 bits per heavy atom. The quantitative estimate of drug-likeness (QED) is 0.842. The summed E-state index contributed by atoms with van der Waals surface area (Å²) in [5, 5.41) is 13.8. The molecule has 0 aliphatic rings. The maximum atomic E-state index is 11.9. The van der Waals surface area contributed by atoms with Crippen LogP contribution in [0.5, 0.6) is 5.75 Å². The number of aliphatic hydroxyl groups is 1. The van der Waals surface area contributed by atoms with E-state index in [1.165, 1.54) is 5.56 Å². The van der Waals surface area contributed by atoms with Gasteiger partial charge in [0.2, 0.25) is 0 Å². The molecule has 2 aromatic carbocycles. The third kappa shape index (κ3) is 4.98. The van der Waals surface area contributed by atoms with Crippen LogP contribution < -0.4 is 10.1 Å². The first kappa shape index (κ1) is 18.3. The summed E-state index contributed by atoms with van der Waals surface area (Å²) in [6.45, 7) is 5.64. The normalized spacial score (nSPS) is 13.2. The summed E-state index contributed by atoms with van der Waals surface area (Å²) >= 11 is 5.84. The Morgan fingerprint density at radius 1 is 1.17 bits per heavy atom. The van der Waals surface area contributed by atoms with E-state index in [1.807, 2.05) is 32.0 Å². The van der Waals surface area contributed by atoms with Crippen molar-refractivity contribution >= 4 is 17.5 Å². The summed E-state index contributed by atoms with van der Waals surface area (Å²) in [5.41, 5.74) is 1.78. The Morgan fingerprint density at radius 3 is 2.46 bits per heavy atom. The number of ether oxygens (including phenoxy) is 1. The maximum absolute atomic E-state index is 11.9. The van der Waals surface area contributed by atoms with E-state index >= 15 is 0 Å². The molecule has 0 aliphatic heterocycles. The number of carbonyl (C=O) groups excluding carboxylic acids is 1. The molecule has 0 fully saturated rings. The van der Waals surface area contributed by atoms with Crippen molar-refractivity contribution in [1.29, 1.82) is 0 Å². The molecule has 0 spiro atoms.